The van der Waals surface area contributed by atoms with Crippen LogP contribution in [-0.2, 0) is 0 Å². The molecule has 0 aliphatic carbocycles. The fraction of sp³-hybridized carbons (Fsp3) is 0.600. The van der Waals surface area contributed by atoms with Crippen LogP contribution in [0.2, 0.25) is 0 Å². The van der Waals surface area contributed by atoms with Gasteiger partial charge in [0.25, 0.3) is 5.91 Å². The van der Waals surface area contributed by atoms with Crippen molar-refractivity contribution in [3.8, 4) is 0 Å². The first-order chi connectivity index (χ1) is 9.63. The van der Waals surface area contributed by atoms with Crippen LogP contribution < -0.4 is 5.32 Å². The Morgan fingerprint density at radius 1 is 1.50 bits per heavy atom. The van der Waals surface area contributed by atoms with E-state index in [1.165, 1.54) is 0 Å². The van der Waals surface area contributed by atoms with E-state index < -0.39 is 0 Å². The molecule has 0 saturated carbocycles. The summed E-state index contributed by atoms with van der Waals surface area (Å²) in [5, 5.41) is 3.24. The van der Waals surface area contributed by atoms with Gasteiger partial charge in [0.2, 0.25) is 0 Å². The second-order valence-electron chi connectivity index (χ2n) is 5.41. The third-order valence-electron chi connectivity index (χ3n) is 3.73. The number of pyridine rings is 1. The normalized spacial score (nSPS) is 20.6. The first kappa shape index (κ1) is 14.8. The van der Waals surface area contributed by atoms with E-state index in [1.807, 2.05) is 17.9 Å². The van der Waals surface area contributed by atoms with E-state index in [1.54, 1.807) is 12.4 Å². The Bertz CT molecular complexity index is 463. The van der Waals surface area contributed by atoms with Gasteiger partial charge >= 0.3 is 0 Å². The fourth-order valence-electron chi connectivity index (χ4n) is 2.74. The predicted octanol–water partition coefficient (Wildman–Crippen LogP) is 1.68. The van der Waals surface area contributed by atoms with Crippen molar-refractivity contribution in [1.29, 1.82) is 0 Å². The number of carbonyl (C=O) groups is 1. The summed E-state index contributed by atoms with van der Waals surface area (Å²) in [4.78, 5) is 21.2. The molecule has 110 valence electrons. The number of aromatic nitrogens is 1. The lowest BCUT2D eigenvalue weighted by atomic mass is 10.1. The molecule has 1 N–H and O–H groups in total. The summed E-state index contributed by atoms with van der Waals surface area (Å²) in [7, 11) is 2.11. The van der Waals surface area contributed by atoms with Crippen LogP contribution in [0.25, 0.3) is 0 Å². The summed E-state index contributed by atoms with van der Waals surface area (Å²) < 4.78 is 0. The Morgan fingerprint density at radius 2 is 2.30 bits per heavy atom. The number of anilines is 1. The molecule has 0 radical (unpaired) electrons. The topological polar surface area (TPSA) is 48.5 Å². The molecule has 5 heteroatoms. The lowest BCUT2D eigenvalue weighted by Crippen LogP contribution is -2.42. The van der Waals surface area contributed by atoms with Crippen LogP contribution in [0.1, 0.15) is 30.6 Å². The van der Waals surface area contributed by atoms with Crippen molar-refractivity contribution < 1.29 is 4.79 Å². The number of nitrogens with zero attached hydrogens (tertiary/aromatic N) is 3. The molecule has 2 heterocycles. The zero-order chi connectivity index (χ0) is 14.5. The highest BCUT2D eigenvalue weighted by Gasteiger charge is 2.26. The third-order valence-corrected chi connectivity index (χ3v) is 3.73. The first-order valence-electron chi connectivity index (χ1n) is 7.31. The van der Waals surface area contributed by atoms with Crippen LogP contribution >= 0.6 is 0 Å². The zero-order valence-corrected chi connectivity index (χ0v) is 12.6. The number of rotatable bonds is 3. The molecule has 1 aliphatic heterocycles. The van der Waals surface area contributed by atoms with Crippen LogP contribution in [-0.4, -0.2) is 60.0 Å². The maximum absolute atomic E-state index is 12.8. The van der Waals surface area contributed by atoms with Gasteiger partial charge in [-0.1, -0.05) is 0 Å². The average molecular weight is 276 g/mol. The smallest absolute Gasteiger partial charge is 0.257 e. The van der Waals surface area contributed by atoms with Crippen molar-refractivity contribution in [3.63, 3.8) is 0 Å². The molecule has 1 saturated heterocycles. The van der Waals surface area contributed by atoms with Crippen molar-refractivity contribution in [1.82, 2.24) is 14.8 Å². The summed E-state index contributed by atoms with van der Waals surface area (Å²) in [6.07, 6.45) is 4.40. The molecule has 20 heavy (non-hydrogen) atoms. The lowest BCUT2D eigenvalue weighted by molar-refractivity contribution is 0.0697. The van der Waals surface area contributed by atoms with E-state index in [0.29, 0.717) is 5.56 Å². The van der Waals surface area contributed by atoms with Crippen molar-refractivity contribution >= 4 is 11.6 Å². The second-order valence-corrected chi connectivity index (χ2v) is 5.41. The van der Waals surface area contributed by atoms with Crippen LogP contribution in [0.5, 0.6) is 0 Å². The van der Waals surface area contributed by atoms with Gasteiger partial charge in [0, 0.05) is 38.1 Å². The van der Waals surface area contributed by atoms with E-state index in [9.17, 15) is 4.79 Å². The van der Waals surface area contributed by atoms with Gasteiger partial charge in [0.15, 0.2) is 0 Å². The van der Waals surface area contributed by atoms with Crippen molar-refractivity contribution in [2.24, 2.45) is 0 Å². The molecular formula is C15H24N4O. The lowest BCUT2D eigenvalue weighted by Gasteiger charge is -2.28. The molecule has 1 aliphatic rings. The maximum Gasteiger partial charge on any atom is 0.257 e. The highest BCUT2D eigenvalue weighted by molar-refractivity contribution is 5.99. The molecule has 2 rings (SSSR count). The van der Waals surface area contributed by atoms with Crippen molar-refractivity contribution in [2.45, 2.75) is 26.3 Å². The average Bonchev–Trinajstić information content (AvgIpc) is 2.59. The van der Waals surface area contributed by atoms with Crippen molar-refractivity contribution in [3.05, 3.63) is 24.0 Å². The maximum atomic E-state index is 12.8. The van der Waals surface area contributed by atoms with Gasteiger partial charge in [0.1, 0.15) is 0 Å². The quantitative estimate of drug-likeness (QED) is 0.912. The Labute approximate surface area is 121 Å². The summed E-state index contributed by atoms with van der Waals surface area (Å²) >= 11 is 0. The highest BCUT2D eigenvalue weighted by atomic mass is 16.2. The second kappa shape index (κ2) is 6.70. The number of hydrogen-bond acceptors (Lipinski definition) is 4. The Hall–Kier alpha value is -1.62. The number of nitrogens with one attached hydrogen (secondary N) is 1. The van der Waals surface area contributed by atoms with Gasteiger partial charge < -0.3 is 15.1 Å². The standard InChI is InChI=1S/C15H24N4O/c1-4-17-14-6-7-16-10-13(14)15(20)19-9-5-8-18(3)11-12(19)2/h6-7,10,12H,4-5,8-9,11H2,1-3H3,(H,16,17). The monoisotopic (exact) mass is 276 g/mol. The van der Waals surface area contributed by atoms with Crippen LogP contribution in [0.15, 0.2) is 18.5 Å². The number of amides is 1. The molecule has 1 aromatic rings. The molecule has 1 aromatic heterocycles. The minimum absolute atomic E-state index is 0.0804. The largest absolute Gasteiger partial charge is 0.385 e. The Kier molecular flexibility index (Phi) is 4.95. The van der Waals surface area contributed by atoms with Gasteiger partial charge in [0.05, 0.1) is 11.3 Å². The molecule has 1 atom stereocenters. The minimum atomic E-state index is 0.0804. The van der Waals surface area contributed by atoms with E-state index in [2.05, 4.69) is 29.2 Å². The number of carbonyl (C=O) groups excluding carboxylic acids is 1. The third kappa shape index (κ3) is 3.28. The van der Waals surface area contributed by atoms with E-state index in [-0.39, 0.29) is 11.9 Å². The predicted molar refractivity (Wildman–Crippen MR) is 81.0 cm³/mol. The SMILES string of the molecule is CCNc1ccncc1C(=O)N1CCCN(C)CC1C. The Morgan fingerprint density at radius 3 is 3.05 bits per heavy atom. The summed E-state index contributed by atoms with van der Waals surface area (Å²) in [6.45, 7) is 7.71. The molecule has 0 spiro atoms. The molecule has 1 amide bonds. The summed E-state index contributed by atoms with van der Waals surface area (Å²) in [5.41, 5.74) is 1.54. The van der Waals surface area contributed by atoms with E-state index in [4.69, 9.17) is 0 Å². The van der Waals surface area contributed by atoms with Gasteiger partial charge in [-0.2, -0.15) is 0 Å². The molecule has 5 nitrogen and oxygen atoms in total. The van der Waals surface area contributed by atoms with E-state index >= 15 is 0 Å². The van der Waals surface area contributed by atoms with Crippen LogP contribution in [0.4, 0.5) is 5.69 Å². The highest BCUT2D eigenvalue weighted by Crippen LogP contribution is 2.19. The number of hydrogen-bond donors (Lipinski definition) is 1. The van der Waals surface area contributed by atoms with Crippen molar-refractivity contribution in [2.75, 3.05) is 38.5 Å². The summed E-state index contributed by atoms with van der Waals surface area (Å²) in [5.74, 6) is 0.0804. The van der Waals surface area contributed by atoms with Gasteiger partial charge in [-0.05, 0) is 39.9 Å². The molecule has 0 bridgehead atoms. The number of likely N-dealkylation sites (N-methyl/N-ethyl adjacent to an activating group) is 1. The zero-order valence-electron chi connectivity index (χ0n) is 12.6. The molecule has 1 unspecified atom stereocenters. The Balaban J connectivity index is 2.21. The molecule has 0 aromatic carbocycles. The van der Waals surface area contributed by atoms with Crippen LogP contribution in [0.3, 0.4) is 0 Å². The van der Waals surface area contributed by atoms with E-state index in [0.717, 1.165) is 38.3 Å². The minimum Gasteiger partial charge on any atom is -0.385 e. The fourth-order valence-corrected chi connectivity index (χ4v) is 2.74. The van der Waals surface area contributed by atoms with Crippen LogP contribution in [0, 0.1) is 0 Å². The van der Waals surface area contributed by atoms with Gasteiger partial charge in [-0.25, -0.2) is 0 Å². The van der Waals surface area contributed by atoms with Gasteiger partial charge in [-0.15, -0.1) is 0 Å². The van der Waals surface area contributed by atoms with Gasteiger partial charge in [-0.3, -0.25) is 9.78 Å². The summed E-state index contributed by atoms with van der Waals surface area (Å²) in [6, 6.07) is 2.09. The first-order valence-corrected chi connectivity index (χ1v) is 7.31. The molecule has 1 fully saturated rings. The molecular weight excluding hydrogens is 252 g/mol.